The molecule has 2 aromatic rings. The molecule has 1 fully saturated rings. The van der Waals surface area contributed by atoms with Crippen LogP contribution in [0.4, 0.5) is 18.9 Å². The van der Waals surface area contributed by atoms with Gasteiger partial charge in [0.2, 0.25) is 0 Å². The Morgan fingerprint density at radius 3 is 2.30 bits per heavy atom. The molecule has 1 heterocycles. The van der Waals surface area contributed by atoms with E-state index in [1.54, 1.807) is 24.3 Å². The van der Waals surface area contributed by atoms with Crippen LogP contribution in [0.1, 0.15) is 17.5 Å². The van der Waals surface area contributed by atoms with E-state index >= 15 is 0 Å². The van der Waals surface area contributed by atoms with Gasteiger partial charge in [-0.05, 0) is 48.5 Å². The fraction of sp³-hybridized carbons (Fsp3) is 0.350. The molecule has 0 spiro atoms. The molecule has 160 valence electrons. The summed E-state index contributed by atoms with van der Waals surface area (Å²) in [5.74, 6) is -0.000795. The first-order chi connectivity index (χ1) is 14.1. The Kier molecular flexibility index (Phi) is 6.24. The zero-order chi connectivity index (χ0) is 21.9. The molecule has 1 aliphatic heterocycles. The summed E-state index contributed by atoms with van der Waals surface area (Å²) in [6.07, 6.45) is -4.53. The topological polar surface area (TPSA) is 79.6 Å². The van der Waals surface area contributed by atoms with Gasteiger partial charge in [0.25, 0.3) is 10.1 Å². The van der Waals surface area contributed by atoms with Gasteiger partial charge in [0.05, 0.1) is 36.6 Å². The molecule has 0 saturated carbocycles. The van der Waals surface area contributed by atoms with Crippen LogP contribution >= 0.6 is 0 Å². The Balaban J connectivity index is 1.79. The average Bonchev–Trinajstić information content (AvgIpc) is 3.09. The molecule has 0 unspecified atom stereocenters. The fourth-order valence-electron chi connectivity index (χ4n) is 3.38. The first kappa shape index (κ1) is 21.9. The number of benzene rings is 2. The van der Waals surface area contributed by atoms with Crippen molar-refractivity contribution < 1.29 is 30.5 Å². The standard InChI is InChI=1S/C20H19F3N2O4S/c1-28-30(26,27)13-17-10-19(12-25(17)16-6-2-14(11-24)3-7-16)29-18-8-4-15(5-9-18)20(21,22)23/h2-9,17,19H,10,12-13H2,1H3/t17-,19+/m0/s1. The van der Waals surface area contributed by atoms with Crippen molar-refractivity contribution in [2.75, 3.05) is 24.3 Å². The number of rotatable bonds is 6. The van der Waals surface area contributed by atoms with Crippen LogP contribution in [0, 0.1) is 11.3 Å². The van der Waals surface area contributed by atoms with E-state index in [0.29, 0.717) is 24.2 Å². The average molecular weight is 440 g/mol. The number of alkyl halides is 3. The SMILES string of the molecule is COS(=O)(=O)C[C@@H]1C[C@@H](Oc2ccc(C(F)(F)F)cc2)CN1c1ccc(C#N)cc1. The molecule has 0 bridgehead atoms. The number of nitriles is 1. The Morgan fingerprint density at radius 2 is 1.77 bits per heavy atom. The maximum atomic E-state index is 12.7. The van der Waals surface area contributed by atoms with E-state index in [1.165, 1.54) is 12.1 Å². The van der Waals surface area contributed by atoms with E-state index in [-0.39, 0.29) is 11.5 Å². The van der Waals surface area contributed by atoms with Gasteiger partial charge in [-0.3, -0.25) is 4.18 Å². The monoisotopic (exact) mass is 440 g/mol. The molecular weight excluding hydrogens is 421 g/mol. The second kappa shape index (κ2) is 8.53. The molecule has 3 rings (SSSR count). The maximum absolute atomic E-state index is 12.7. The van der Waals surface area contributed by atoms with E-state index in [9.17, 15) is 21.6 Å². The molecular formula is C20H19F3N2O4S. The first-order valence-corrected chi connectivity index (χ1v) is 10.6. The van der Waals surface area contributed by atoms with Gasteiger partial charge in [-0.1, -0.05) is 0 Å². The van der Waals surface area contributed by atoms with Gasteiger partial charge in [0.15, 0.2) is 0 Å². The largest absolute Gasteiger partial charge is 0.489 e. The van der Waals surface area contributed by atoms with Gasteiger partial charge in [-0.25, -0.2) is 0 Å². The predicted octanol–water partition coefficient (Wildman–Crippen LogP) is 3.58. The van der Waals surface area contributed by atoms with Crippen LogP contribution in [0.25, 0.3) is 0 Å². The maximum Gasteiger partial charge on any atom is 0.416 e. The molecule has 6 nitrogen and oxygen atoms in total. The zero-order valence-corrected chi connectivity index (χ0v) is 16.8. The Morgan fingerprint density at radius 1 is 1.13 bits per heavy atom. The van der Waals surface area contributed by atoms with Crippen molar-refractivity contribution in [1.82, 2.24) is 0 Å². The molecule has 2 atom stereocenters. The van der Waals surface area contributed by atoms with E-state index < -0.39 is 34.0 Å². The Bertz CT molecular complexity index is 1020. The highest BCUT2D eigenvalue weighted by Crippen LogP contribution is 2.32. The van der Waals surface area contributed by atoms with Crippen molar-refractivity contribution in [3.05, 3.63) is 59.7 Å². The van der Waals surface area contributed by atoms with Gasteiger partial charge >= 0.3 is 6.18 Å². The molecule has 0 radical (unpaired) electrons. The minimum atomic E-state index is -4.43. The summed E-state index contributed by atoms with van der Waals surface area (Å²) in [7, 11) is -2.66. The number of halogens is 3. The number of hydrogen-bond acceptors (Lipinski definition) is 6. The molecule has 0 amide bonds. The highest BCUT2D eigenvalue weighted by Gasteiger charge is 2.37. The van der Waals surface area contributed by atoms with Crippen LogP contribution in [0.2, 0.25) is 0 Å². The summed E-state index contributed by atoms with van der Waals surface area (Å²) in [4.78, 5) is 1.84. The number of anilines is 1. The van der Waals surface area contributed by atoms with Crippen LogP contribution in [0.5, 0.6) is 5.75 Å². The van der Waals surface area contributed by atoms with Crippen LogP contribution in [0.3, 0.4) is 0 Å². The van der Waals surface area contributed by atoms with Crippen LogP contribution in [-0.2, 0) is 20.5 Å². The summed E-state index contributed by atoms with van der Waals surface area (Å²) < 4.78 is 72.5. The van der Waals surface area contributed by atoms with Crippen molar-refractivity contribution in [3.8, 4) is 11.8 Å². The third-order valence-corrected chi connectivity index (χ3v) is 6.14. The smallest absolute Gasteiger partial charge is 0.416 e. The normalized spacial score (nSPS) is 19.5. The molecule has 1 aliphatic rings. The van der Waals surface area contributed by atoms with E-state index in [4.69, 9.17) is 10.00 Å². The highest BCUT2D eigenvalue weighted by atomic mass is 32.2. The molecule has 0 N–H and O–H groups in total. The second-order valence-corrected chi connectivity index (χ2v) is 8.64. The minimum absolute atomic E-state index is 0.267. The number of hydrogen-bond donors (Lipinski definition) is 0. The quantitative estimate of drug-likeness (QED) is 0.639. The molecule has 0 aliphatic carbocycles. The van der Waals surface area contributed by atoms with Gasteiger partial charge in [0, 0.05) is 18.2 Å². The zero-order valence-electron chi connectivity index (χ0n) is 16.0. The van der Waals surface area contributed by atoms with Gasteiger partial charge in [0.1, 0.15) is 11.9 Å². The second-order valence-electron chi connectivity index (χ2n) is 6.85. The van der Waals surface area contributed by atoms with Crippen molar-refractivity contribution >= 4 is 15.8 Å². The van der Waals surface area contributed by atoms with Crippen molar-refractivity contribution in [2.24, 2.45) is 0 Å². The summed E-state index contributed by atoms with van der Waals surface area (Å²) >= 11 is 0. The minimum Gasteiger partial charge on any atom is -0.489 e. The predicted molar refractivity (Wildman–Crippen MR) is 104 cm³/mol. The van der Waals surface area contributed by atoms with E-state index in [1.807, 2.05) is 11.0 Å². The van der Waals surface area contributed by atoms with Gasteiger partial charge < -0.3 is 9.64 Å². The highest BCUT2D eigenvalue weighted by molar-refractivity contribution is 7.86. The lowest BCUT2D eigenvalue weighted by Gasteiger charge is -2.26. The lowest BCUT2D eigenvalue weighted by Crippen LogP contribution is -2.35. The Labute approximate surface area is 172 Å². The number of ether oxygens (including phenoxy) is 1. The van der Waals surface area contributed by atoms with E-state index in [2.05, 4.69) is 4.18 Å². The van der Waals surface area contributed by atoms with Crippen LogP contribution in [0.15, 0.2) is 48.5 Å². The number of nitrogens with zero attached hydrogens (tertiary/aromatic N) is 2. The molecule has 0 aromatic heterocycles. The summed E-state index contributed by atoms with van der Waals surface area (Å²) in [6.45, 7) is 0.330. The molecule has 30 heavy (non-hydrogen) atoms. The lowest BCUT2D eigenvalue weighted by atomic mass is 10.2. The summed E-state index contributed by atoms with van der Waals surface area (Å²) in [5.41, 5.74) is 0.407. The van der Waals surface area contributed by atoms with Gasteiger partial charge in [-0.2, -0.15) is 26.9 Å². The van der Waals surface area contributed by atoms with Crippen molar-refractivity contribution in [3.63, 3.8) is 0 Å². The van der Waals surface area contributed by atoms with Crippen LogP contribution < -0.4 is 9.64 Å². The first-order valence-electron chi connectivity index (χ1n) is 9.00. The lowest BCUT2D eigenvalue weighted by molar-refractivity contribution is -0.137. The van der Waals surface area contributed by atoms with Crippen molar-refractivity contribution in [2.45, 2.75) is 24.7 Å². The Hall–Kier alpha value is -2.77. The van der Waals surface area contributed by atoms with E-state index in [0.717, 1.165) is 19.2 Å². The molecule has 2 aromatic carbocycles. The van der Waals surface area contributed by atoms with Crippen molar-refractivity contribution in [1.29, 1.82) is 5.26 Å². The molecule has 10 heteroatoms. The van der Waals surface area contributed by atoms with Crippen LogP contribution in [-0.4, -0.2) is 40.0 Å². The third-order valence-electron chi connectivity index (χ3n) is 4.84. The molecule has 1 saturated heterocycles. The summed E-state index contributed by atoms with van der Waals surface area (Å²) in [6, 6.07) is 12.6. The van der Waals surface area contributed by atoms with Gasteiger partial charge in [-0.15, -0.1) is 0 Å². The fourth-order valence-corrected chi connectivity index (χ4v) is 4.30. The third kappa shape index (κ3) is 5.23. The summed E-state index contributed by atoms with van der Waals surface area (Å²) in [5, 5.41) is 8.96.